The van der Waals surface area contributed by atoms with Crippen LogP contribution in [0.15, 0.2) is 28.6 Å². The normalized spacial score (nSPS) is 10.4. The zero-order valence-corrected chi connectivity index (χ0v) is 10.9. The van der Waals surface area contributed by atoms with Gasteiger partial charge >= 0.3 is 5.97 Å². The molecular formula is C11H10N2O3S2. The lowest BCUT2D eigenvalue weighted by Gasteiger charge is -1.99. The number of thioether (sulfide) groups is 1. The predicted octanol–water partition coefficient (Wildman–Crippen LogP) is 1.59. The third-order valence-electron chi connectivity index (χ3n) is 2.04. The number of carbonyl (C=O) groups excluding carboxylic acids is 1. The van der Waals surface area contributed by atoms with Crippen LogP contribution in [-0.4, -0.2) is 34.3 Å². The molecule has 1 aromatic carbocycles. The molecule has 7 heteroatoms. The van der Waals surface area contributed by atoms with Crippen molar-refractivity contribution >= 4 is 45.2 Å². The summed E-state index contributed by atoms with van der Waals surface area (Å²) in [6.07, 6.45) is 0. The van der Waals surface area contributed by atoms with Gasteiger partial charge in [-0.25, -0.2) is 4.98 Å². The third kappa shape index (κ3) is 3.44. The van der Waals surface area contributed by atoms with Crippen molar-refractivity contribution in [2.24, 2.45) is 0 Å². The monoisotopic (exact) mass is 282 g/mol. The molecule has 0 bridgehead atoms. The molecule has 2 rings (SSSR count). The molecule has 5 nitrogen and oxygen atoms in total. The van der Waals surface area contributed by atoms with Crippen molar-refractivity contribution in [3.8, 4) is 0 Å². The van der Waals surface area contributed by atoms with Gasteiger partial charge in [0.2, 0.25) is 5.91 Å². The highest BCUT2D eigenvalue weighted by atomic mass is 32.2. The molecule has 2 aromatic rings. The summed E-state index contributed by atoms with van der Waals surface area (Å²) in [5, 5.41) is 10.7. The Hall–Kier alpha value is -1.60. The van der Waals surface area contributed by atoms with Crippen LogP contribution in [0.2, 0.25) is 0 Å². The smallest absolute Gasteiger partial charge is 0.322 e. The number of aromatic nitrogens is 1. The van der Waals surface area contributed by atoms with E-state index in [-0.39, 0.29) is 18.2 Å². The Morgan fingerprint density at radius 1 is 1.39 bits per heavy atom. The van der Waals surface area contributed by atoms with Gasteiger partial charge in [-0.3, -0.25) is 9.59 Å². The van der Waals surface area contributed by atoms with E-state index in [9.17, 15) is 9.59 Å². The molecule has 0 spiro atoms. The van der Waals surface area contributed by atoms with E-state index in [4.69, 9.17) is 5.11 Å². The first kappa shape index (κ1) is 12.8. The highest BCUT2D eigenvalue weighted by Crippen LogP contribution is 2.28. The average Bonchev–Trinajstić information content (AvgIpc) is 2.76. The zero-order chi connectivity index (χ0) is 13.0. The quantitative estimate of drug-likeness (QED) is 0.814. The number of hydrogen-bond donors (Lipinski definition) is 2. The van der Waals surface area contributed by atoms with Crippen LogP contribution in [0.25, 0.3) is 10.2 Å². The van der Waals surface area contributed by atoms with Crippen LogP contribution < -0.4 is 5.32 Å². The summed E-state index contributed by atoms with van der Waals surface area (Å²) in [4.78, 5) is 25.9. The van der Waals surface area contributed by atoms with Crippen molar-refractivity contribution < 1.29 is 14.7 Å². The second-order valence-corrected chi connectivity index (χ2v) is 5.66. The van der Waals surface area contributed by atoms with Crippen LogP contribution >= 0.6 is 23.1 Å². The van der Waals surface area contributed by atoms with Crippen LogP contribution in [0, 0.1) is 0 Å². The highest BCUT2D eigenvalue weighted by Gasteiger charge is 2.08. The lowest BCUT2D eigenvalue weighted by atomic mass is 10.3. The number of fused-ring (bicyclic) bond motifs is 1. The number of benzene rings is 1. The van der Waals surface area contributed by atoms with E-state index in [0.717, 1.165) is 14.6 Å². The minimum absolute atomic E-state index is 0.174. The average molecular weight is 282 g/mol. The standard InChI is InChI=1S/C11H10N2O3S2/c14-9(12-5-10(15)16)6-17-11-13-7-3-1-2-4-8(7)18-11/h1-4H,5-6H2,(H,12,14)(H,15,16). The van der Waals surface area contributed by atoms with Gasteiger partial charge in [0.25, 0.3) is 0 Å². The summed E-state index contributed by atoms with van der Waals surface area (Å²) in [6.45, 7) is -0.348. The summed E-state index contributed by atoms with van der Waals surface area (Å²) < 4.78 is 1.88. The summed E-state index contributed by atoms with van der Waals surface area (Å²) >= 11 is 2.83. The Balaban J connectivity index is 1.90. The zero-order valence-electron chi connectivity index (χ0n) is 9.25. The first-order chi connectivity index (χ1) is 8.65. The number of carbonyl (C=O) groups is 2. The number of rotatable bonds is 5. The van der Waals surface area contributed by atoms with Gasteiger partial charge in [0.15, 0.2) is 4.34 Å². The fourth-order valence-electron chi connectivity index (χ4n) is 1.27. The van der Waals surface area contributed by atoms with E-state index in [1.54, 1.807) is 0 Å². The topological polar surface area (TPSA) is 79.3 Å². The van der Waals surface area contributed by atoms with Gasteiger partial charge in [0, 0.05) is 0 Å². The van der Waals surface area contributed by atoms with Gasteiger partial charge in [-0.2, -0.15) is 0 Å². The maximum absolute atomic E-state index is 11.3. The summed E-state index contributed by atoms with van der Waals surface area (Å²) in [7, 11) is 0. The summed E-state index contributed by atoms with van der Waals surface area (Å²) in [5.41, 5.74) is 0.913. The number of thiazole rings is 1. The molecule has 0 aliphatic heterocycles. The molecular weight excluding hydrogens is 272 g/mol. The molecule has 0 aliphatic rings. The van der Waals surface area contributed by atoms with Crippen molar-refractivity contribution in [1.82, 2.24) is 10.3 Å². The number of carboxylic acids is 1. The lowest BCUT2D eigenvalue weighted by Crippen LogP contribution is -2.30. The van der Waals surface area contributed by atoms with Gasteiger partial charge in [0.05, 0.1) is 16.0 Å². The second-order valence-electron chi connectivity index (χ2n) is 3.41. The number of para-hydroxylation sites is 1. The molecule has 18 heavy (non-hydrogen) atoms. The van der Waals surface area contributed by atoms with Gasteiger partial charge < -0.3 is 10.4 Å². The minimum atomic E-state index is -1.05. The second kappa shape index (κ2) is 5.83. The van der Waals surface area contributed by atoms with Crippen molar-refractivity contribution in [1.29, 1.82) is 0 Å². The predicted molar refractivity (Wildman–Crippen MR) is 71.0 cm³/mol. The highest BCUT2D eigenvalue weighted by molar-refractivity contribution is 8.01. The Morgan fingerprint density at radius 2 is 2.17 bits per heavy atom. The van der Waals surface area contributed by atoms with E-state index < -0.39 is 5.97 Å². The van der Waals surface area contributed by atoms with Crippen molar-refractivity contribution in [2.45, 2.75) is 4.34 Å². The molecule has 94 valence electrons. The number of carboxylic acid groups (broad SMARTS) is 1. The van der Waals surface area contributed by atoms with E-state index in [1.165, 1.54) is 23.1 Å². The molecule has 1 amide bonds. The molecule has 0 atom stereocenters. The number of aliphatic carboxylic acids is 1. The number of amides is 1. The van der Waals surface area contributed by atoms with E-state index >= 15 is 0 Å². The SMILES string of the molecule is O=C(O)CNC(=O)CSc1nc2ccccc2s1. The Bertz CT molecular complexity index is 549. The van der Waals surface area contributed by atoms with Crippen molar-refractivity contribution in [2.75, 3.05) is 12.3 Å². The number of hydrogen-bond acceptors (Lipinski definition) is 5. The fraction of sp³-hybridized carbons (Fsp3) is 0.182. The van der Waals surface area contributed by atoms with Crippen LogP contribution in [-0.2, 0) is 9.59 Å². The number of nitrogens with one attached hydrogen (secondary N) is 1. The molecule has 0 saturated carbocycles. The molecule has 1 aromatic heterocycles. The Morgan fingerprint density at radius 3 is 2.89 bits per heavy atom. The summed E-state index contributed by atoms with van der Waals surface area (Å²) in [5.74, 6) is -1.18. The van der Waals surface area contributed by atoms with E-state index in [1.807, 2.05) is 24.3 Å². The van der Waals surface area contributed by atoms with Crippen LogP contribution in [0.5, 0.6) is 0 Å². The Labute approximate surface area is 111 Å². The van der Waals surface area contributed by atoms with Gasteiger partial charge in [-0.05, 0) is 12.1 Å². The molecule has 2 N–H and O–H groups in total. The number of nitrogens with zero attached hydrogens (tertiary/aromatic N) is 1. The molecule has 0 unspecified atom stereocenters. The lowest BCUT2D eigenvalue weighted by molar-refractivity contribution is -0.137. The first-order valence-corrected chi connectivity index (χ1v) is 6.92. The first-order valence-electron chi connectivity index (χ1n) is 5.12. The van der Waals surface area contributed by atoms with Crippen LogP contribution in [0.1, 0.15) is 0 Å². The van der Waals surface area contributed by atoms with Crippen LogP contribution in [0.3, 0.4) is 0 Å². The van der Waals surface area contributed by atoms with Gasteiger partial charge in [-0.1, -0.05) is 23.9 Å². The van der Waals surface area contributed by atoms with E-state index in [0.29, 0.717) is 0 Å². The Kier molecular flexibility index (Phi) is 4.16. The summed E-state index contributed by atoms with van der Waals surface area (Å²) in [6, 6.07) is 7.74. The van der Waals surface area contributed by atoms with E-state index in [2.05, 4.69) is 10.3 Å². The minimum Gasteiger partial charge on any atom is -0.480 e. The third-order valence-corrected chi connectivity index (χ3v) is 4.22. The molecule has 0 fully saturated rings. The fourth-order valence-corrected chi connectivity index (χ4v) is 3.16. The van der Waals surface area contributed by atoms with Gasteiger partial charge in [0.1, 0.15) is 6.54 Å². The van der Waals surface area contributed by atoms with Gasteiger partial charge in [-0.15, -0.1) is 11.3 Å². The van der Waals surface area contributed by atoms with Crippen molar-refractivity contribution in [3.63, 3.8) is 0 Å². The largest absolute Gasteiger partial charge is 0.480 e. The van der Waals surface area contributed by atoms with Crippen LogP contribution in [0.4, 0.5) is 0 Å². The molecule has 0 saturated heterocycles. The maximum atomic E-state index is 11.3. The molecule has 0 radical (unpaired) electrons. The van der Waals surface area contributed by atoms with Crippen molar-refractivity contribution in [3.05, 3.63) is 24.3 Å². The maximum Gasteiger partial charge on any atom is 0.322 e. The molecule has 1 heterocycles. The molecule has 0 aliphatic carbocycles.